The number of hydrogen-bond donors (Lipinski definition) is 0. The first-order valence-corrected chi connectivity index (χ1v) is 10.2. The average molecular weight is 400 g/mol. The van der Waals surface area contributed by atoms with E-state index in [1.807, 2.05) is 35.7 Å². The molecule has 0 unspecified atom stereocenters. The Hall–Kier alpha value is -2.65. The molecular weight excluding hydrogens is 382 g/mol. The van der Waals surface area contributed by atoms with E-state index >= 15 is 0 Å². The lowest BCUT2D eigenvalue weighted by Gasteiger charge is -2.04. The highest BCUT2D eigenvalue weighted by Gasteiger charge is 2.16. The fourth-order valence-electron chi connectivity index (χ4n) is 2.56. The third-order valence-electron chi connectivity index (χ3n) is 3.90. The molecule has 0 saturated heterocycles. The van der Waals surface area contributed by atoms with Crippen LogP contribution in [0.1, 0.15) is 12.8 Å². The number of hydrogen-bond acceptors (Lipinski definition) is 8. The van der Waals surface area contributed by atoms with Gasteiger partial charge in [-0.1, -0.05) is 17.8 Å². The monoisotopic (exact) mass is 399 g/mol. The molecule has 0 atom stereocenters. The predicted octanol–water partition coefficient (Wildman–Crippen LogP) is 4.38. The summed E-state index contributed by atoms with van der Waals surface area (Å²) in [5.74, 6) is 3.25. The summed E-state index contributed by atoms with van der Waals surface area (Å²) < 4.78 is 13.0. The molecule has 1 aromatic carbocycles. The van der Waals surface area contributed by atoms with Crippen molar-refractivity contribution in [2.75, 3.05) is 7.11 Å². The molecule has 138 valence electrons. The molecule has 0 amide bonds. The van der Waals surface area contributed by atoms with Crippen LogP contribution in [0.5, 0.6) is 5.75 Å². The maximum absolute atomic E-state index is 5.78. The molecule has 0 aliphatic rings. The number of nitrogens with zero attached hydrogens (tertiary/aromatic N) is 5. The first-order valence-electron chi connectivity index (χ1n) is 8.35. The van der Waals surface area contributed by atoms with E-state index in [4.69, 9.17) is 9.15 Å². The first-order chi connectivity index (χ1) is 13.3. The van der Waals surface area contributed by atoms with Gasteiger partial charge in [0.05, 0.1) is 17.7 Å². The maximum Gasteiger partial charge on any atom is 0.247 e. The van der Waals surface area contributed by atoms with Crippen LogP contribution in [0, 0.1) is 0 Å². The predicted molar refractivity (Wildman–Crippen MR) is 105 cm³/mol. The second-order valence-electron chi connectivity index (χ2n) is 5.55. The molecule has 0 aliphatic carbocycles. The Morgan fingerprint density at radius 1 is 1.11 bits per heavy atom. The SMILES string of the molecule is CCn1c(SCc2nnc(-c3ccc(OC)cc3)o2)nnc1-c1cccs1. The molecule has 9 heteroatoms. The Balaban J connectivity index is 1.47. The van der Waals surface area contributed by atoms with E-state index < -0.39 is 0 Å². The summed E-state index contributed by atoms with van der Waals surface area (Å²) in [5, 5.41) is 19.8. The minimum Gasteiger partial charge on any atom is -0.497 e. The van der Waals surface area contributed by atoms with Gasteiger partial charge in [0, 0.05) is 12.1 Å². The summed E-state index contributed by atoms with van der Waals surface area (Å²) in [7, 11) is 1.63. The molecule has 0 radical (unpaired) electrons. The number of thioether (sulfide) groups is 1. The summed E-state index contributed by atoms with van der Waals surface area (Å²) in [4.78, 5) is 1.11. The number of methoxy groups -OCH3 is 1. The highest BCUT2D eigenvalue weighted by atomic mass is 32.2. The van der Waals surface area contributed by atoms with Crippen molar-refractivity contribution in [3.8, 4) is 27.9 Å². The van der Waals surface area contributed by atoms with Crippen LogP contribution in [0.4, 0.5) is 0 Å². The molecule has 3 heterocycles. The van der Waals surface area contributed by atoms with Gasteiger partial charge in [0.25, 0.3) is 0 Å². The minimum atomic E-state index is 0.490. The van der Waals surface area contributed by atoms with Gasteiger partial charge >= 0.3 is 0 Å². The molecule has 4 rings (SSSR count). The second kappa shape index (κ2) is 7.93. The molecule has 3 aromatic heterocycles. The quantitative estimate of drug-likeness (QED) is 0.427. The molecular formula is C18H17N5O2S2. The number of benzene rings is 1. The lowest BCUT2D eigenvalue weighted by atomic mass is 10.2. The van der Waals surface area contributed by atoms with Crippen molar-refractivity contribution in [3.63, 3.8) is 0 Å². The fraction of sp³-hybridized carbons (Fsp3) is 0.222. The zero-order chi connectivity index (χ0) is 18.6. The van der Waals surface area contributed by atoms with Crippen LogP contribution in [0.3, 0.4) is 0 Å². The smallest absolute Gasteiger partial charge is 0.247 e. The van der Waals surface area contributed by atoms with Crippen molar-refractivity contribution < 1.29 is 9.15 Å². The van der Waals surface area contributed by atoms with Crippen molar-refractivity contribution in [2.24, 2.45) is 0 Å². The average Bonchev–Trinajstić information content (AvgIpc) is 3.46. The molecule has 4 aromatic rings. The zero-order valence-corrected chi connectivity index (χ0v) is 16.5. The van der Waals surface area contributed by atoms with Crippen LogP contribution in [0.25, 0.3) is 22.2 Å². The van der Waals surface area contributed by atoms with Gasteiger partial charge in [-0.15, -0.1) is 31.7 Å². The summed E-state index contributed by atoms with van der Waals surface area (Å²) in [6, 6.07) is 11.6. The summed E-state index contributed by atoms with van der Waals surface area (Å²) in [6.45, 7) is 2.88. The minimum absolute atomic E-state index is 0.490. The van der Waals surface area contributed by atoms with E-state index in [1.165, 1.54) is 11.8 Å². The molecule has 0 aliphatic heterocycles. The maximum atomic E-state index is 5.78. The molecule has 0 spiro atoms. The summed E-state index contributed by atoms with van der Waals surface area (Å²) in [6.07, 6.45) is 0. The highest BCUT2D eigenvalue weighted by Crippen LogP contribution is 2.29. The lowest BCUT2D eigenvalue weighted by Crippen LogP contribution is -1.99. The van der Waals surface area contributed by atoms with E-state index in [0.717, 1.165) is 33.7 Å². The van der Waals surface area contributed by atoms with Gasteiger partial charge in [-0.2, -0.15) is 0 Å². The zero-order valence-electron chi connectivity index (χ0n) is 14.8. The Kier molecular flexibility index (Phi) is 5.21. The second-order valence-corrected chi connectivity index (χ2v) is 7.44. The molecule has 0 bridgehead atoms. The van der Waals surface area contributed by atoms with Gasteiger partial charge in [0.2, 0.25) is 11.8 Å². The van der Waals surface area contributed by atoms with Crippen molar-refractivity contribution in [1.29, 1.82) is 0 Å². The number of thiophene rings is 1. The first kappa shape index (κ1) is 17.7. The van der Waals surface area contributed by atoms with E-state index in [-0.39, 0.29) is 0 Å². The molecule has 0 N–H and O–H groups in total. The van der Waals surface area contributed by atoms with Crippen molar-refractivity contribution in [2.45, 2.75) is 24.4 Å². The largest absolute Gasteiger partial charge is 0.497 e. The van der Waals surface area contributed by atoms with Crippen LogP contribution >= 0.6 is 23.1 Å². The van der Waals surface area contributed by atoms with Crippen LogP contribution in [0.2, 0.25) is 0 Å². The van der Waals surface area contributed by atoms with E-state index in [1.54, 1.807) is 18.4 Å². The third kappa shape index (κ3) is 3.74. The highest BCUT2D eigenvalue weighted by molar-refractivity contribution is 7.98. The van der Waals surface area contributed by atoms with E-state index in [0.29, 0.717) is 17.5 Å². The van der Waals surface area contributed by atoms with Crippen LogP contribution < -0.4 is 4.74 Å². The van der Waals surface area contributed by atoms with E-state index in [9.17, 15) is 0 Å². The van der Waals surface area contributed by atoms with Gasteiger partial charge in [-0.05, 0) is 42.6 Å². The Morgan fingerprint density at radius 3 is 2.67 bits per heavy atom. The van der Waals surface area contributed by atoms with Crippen LogP contribution in [-0.2, 0) is 12.3 Å². The van der Waals surface area contributed by atoms with Gasteiger partial charge in [-0.3, -0.25) is 0 Å². The molecule has 0 saturated carbocycles. The van der Waals surface area contributed by atoms with Gasteiger partial charge < -0.3 is 13.7 Å². The molecule has 7 nitrogen and oxygen atoms in total. The van der Waals surface area contributed by atoms with Gasteiger partial charge in [0.1, 0.15) is 5.75 Å². The van der Waals surface area contributed by atoms with Crippen molar-refractivity contribution in [1.82, 2.24) is 25.0 Å². The van der Waals surface area contributed by atoms with Gasteiger partial charge in [0.15, 0.2) is 11.0 Å². The standard InChI is InChI=1S/C18H17N5O2S2/c1-3-23-16(14-5-4-10-26-14)20-22-18(23)27-11-15-19-21-17(25-15)12-6-8-13(24-2)9-7-12/h4-10H,3,11H2,1-2H3. The molecule has 27 heavy (non-hydrogen) atoms. The Bertz CT molecular complexity index is 1010. The Labute approximate surface area is 164 Å². The van der Waals surface area contributed by atoms with Crippen LogP contribution in [0.15, 0.2) is 51.4 Å². The number of aromatic nitrogens is 5. The topological polar surface area (TPSA) is 78.9 Å². The van der Waals surface area contributed by atoms with Crippen LogP contribution in [-0.4, -0.2) is 32.1 Å². The fourth-order valence-corrected chi connectivity index (χ4v) is 4.11. The van der Waals surface area contributed by atoms with Crippen molar-refractivity contribution >= 4 is 23.1 Å². The summed E-state index contributed by atoms with van der Waals surface area (Å²) >= 11 is 3.19. The van der Waals surface area contributed by atoms with E-state index in [2.05, 4.69) is 38.0 Å². The number of ether oxygens (including phenoxy) is 1. The normalized spacial score (nSPS) is 11.0. The van der Waals surface area contributed by atoms with Gasteiger partial charge in [-0.25, -0.2) is 0 Å². The Morgan fingerprint density at radius 2 is 1.96 bits per heavy atom. The lowest BCUT2D eigenvalue weighted by molar-refractivity contribution is 0.415. The third-order valence-corrected chi connectivity index (χ3v) is 5.72. The molecule has 0 fully saturated rings. The number of rotatable bonds is 7. The van der Waals surface area contributed by atoms with Crippen molar-refractivity contribution in [3.05, 3.63) is 47.7 Å². The summed E-state index contributed by atoms with van der Waals surface area (Å²) in [5.41, 5.74) is 0.858.